The van der Waals surface area contributed by atoms with E-state index in [-0.39, 0.29) is 34.5 Å². The van der Waals surface area contributed by atoms with Gasteiger partial charge < -0.3 is 28.5 Å². The molecule has 0 aromatic carbocycles. The van der Waals surface area contributed by atoms with Crippen molar-refractivity contribution in [1.82, 2.24) is 0 Å². The van der Waals surface area contributed by atoms with Crippen LogP contribution in [0.4, 0.5) is 0 Å². The van der Waals surface area contributed by atoms with Crippen LogP contribution in [-0.4, -0.2) is 75.4 Å². The van der Waals surface area contributed by atoms with Crippen LogP contribution < -0.4 is 0 Å². The molecule has 206 valence electrons. The van der Waals surface area contributed by atoms with Gasteiger partial charge in [-0.25, -0.2) is 0 Å². The van der Waals surface area contributed by atoms with Crippen LogP contribution in [0, 0.1) is 0 Å². The fraction of sp³-hybridized carbons (Fsp3) is 0.769. The average molecular weight is 543 g/mol. The fourth-order valence-corrected chi connectivity index (χ4v) is 6.27. The molecule has 6 atom stereocenters. The molecule has 0 aliphatic carbocycles. The van der Waals surface area contributed by atoms with E-state index in [1.54, 1.807) is 0 Å². The van der Waals surface area contributed by atoms with E-state index in [0.717, 1.165) is 0 Å². The zero-order chi connectivity index (χ0) is 27.7. The summed E-state index contributed by atoms with van der Waals surface area (Å²) in [6.45, 7) is 21.3. The van der Waals surface area contributed by atoms with Gasteiger partial charge in [-0.15, -0.1) is 0 Å². The maximum Gasteiger partial charge on any atom is 0.192 e. The number of hydrogen-bond donors (Lipinski definition) is 2. The molecule has 2 aliphatic rings. The van der Waals surface area contributed by atoms with Gasteiger partial charge >= 0.3 is 0 Å². The lowest BCUT2D eigenvalue weighted by molar-refractivity contribution is -0.160. The van der Waals surface area contributed by atoms with E-state index in [4.69, 9.17) is 18.3 Å². The highest BCUT2D eigenvalue weighted by Crippen LogP contribution is 2.42. The second-order valence-electron chi connectivity index (χ2n) is 12.9. The standard InChI is InChI=1S/C26H46O8Si2/c1-25(2,3)35(7,8)33-21(15-19-17(27)11-13-23(29)31-19)22(34-36(9,10)26(4,5)6)16-20-18(28)12-14-24(30)32-20/h11-14,19-24,29-30H,15-16H2,1-10H3/t19-,20-,21+,22+,23?,24?/m1/s1. The van der Waals surface area contributed by atoms with E-state index in [1.807, 2.05) is 0 Å². The van der Waals surface area contributed by atoms with Gasteiger partial charge in [0.05, 0.1) is 12.2 Å². The van der Waals surface area contributed by atoms with Crippen molar-refractivity contribution in [1.29, 1.82) is 0 Å². The summed E-state index contributed by atoms with van der Waals surface area (Å²) < 4.78 is 24.9. The lowest BCUT2D eigenvalue weighted by atomic mass is 9.96. The second-order valence-corrected chi connectivity index (χ2v) is 22.4. The lowest BCUT2D eigenvalue weighted by Crippen LogP contribution is -2.54. The van der Waals surface area contributed by atoms with Crippen molar-refractivity contribution < 1.29 is 38.1 Å². The van der Waals surface area contributed by atoms with E-state index in [0.29, 0.717) is 0 Å². The quantitative estimate of drug-likeness (QED) is 0.416. The molecule has 2 unspecified atom stereocenters. The van der Waals surface area contributed by atoms with Gasteiger partial charge in [0.15, 0.2) is 40.8 Å². The predicted octanol–water partition coefficient (Wildman–Crippen LogP) is 4.23. The molecule has 0 amide bonds. The van der Waals surface area contributed by atoms with Gasteiger partial charge in [0.1, 0.15) is 12.2 Å². The molecule has 0 aromatic rings. The Morgan fingerprint density at radius 2 is 1.06 bits per heavy atom. The van der Waals surface area contributed by atoms with Crippen LogP contribution in [0.3, 0.4) is 0 Å². The largest absolute Gasteiger partial charge is 0.411 e. The molecule has 2 N–H and O–H groups in total. The van der Waals surface area contributed by atoms with Gasteiger partial charge in [-0.3, -0.25) is 9.59 Å². The van der Waals surface area contributed by atoms with Crippen molar-refractivity contribution in [3.05, 3.63) is 24.3 Å². The fourth-order valence-electron chi connectivity index (χ4n) is 3.56. The Hall–Kier alpha value is -0.986. The molecule has 0 saturated carbocycles. The van der Waals surface area contributed by atoms with Gasteiger partial charge in [-0.1, -0.05) is 41.5 Å². The summed E-state index contributed by atoms with van der Waals surface area (Å²) >= 11 is 0. The SMILES string of the molecule is CC(C)(C)[Si](C)(C)O[C@@H](C[C@H]1OC(O)C=CC1=O)[C@H](C[C@H]1OC(O)C=CC1=O)O[Si](C)(C)C(C)(C)C. The van der Waals surface area contributed by atoms with E-state index < -0.39 is 53.6 Å². The number of aliphatic hydroxyl groups is 2. The van der Waals surface area contributed by atoms with Gasteiger partial charge in [0, 0.05) is 12.8 Å². The topological polar surface area (TPSA) is 112 Å². The Balaban J connectivity index is 2.50. The highest BCUT2D eigenvalue weighted by molar-refractivity contribution is 6.74. The van der Waals surface area contributed by atoms with Crippen LogP contribution in [-0.2, 0) is 27.9 Å². The summed E-state index contributed by atoms with van der Waals surface area (Å²) in [5.74, 6) is -0.503. The first-order valence-corrected chi connectivity index (χ1v) is 18.5. The molecule has 2 rings (SSSR count). The van der Waals surface area contributed by atoms with Crippen molar-refractivity contribution in [3.63, 3.8) is 0 Å². The minimum absolute atomic E-state index is 0.125. The van der Waals surface area contributed by atoms with Crippen LogP contribution in [0.5, 0.6) is 0 Å². The zero-order valence-electron chi connectivity index (χ0n) is 23.5. The van der Waals surface area contributed by atoms with E-state index in [9.17, 15) is 19.8 Å². The van der Waals surface area contributed by atoms with Gasteiger partial charge in [0.25, 0.3) is 0 Å². The first kappa shape index (κ1) is 31.2. The third-order valence-corrected chi connectivity index (χ3v) is 16.9. The van der Waals surface area contributed by atoms with Gasteiger partial charge in [-0.2, -0.15) is 0 Å². The van der Waals surface area contributed by atoms with Crippen molar-refractivity contribution in [3.8, 4) is 0 Å². The second kappa shape index (κ2) is 11.4. The van der Waals surface area contributed by atoms with Crippen LogP contribution in [0.15, 0.2) is 24.3 Å². The maximum absolute atomic E-state index is 12.7. The number of hydrogen-bond acceptors (Lipinski definition) is 8. The predicted molar refractivity (Wildman–Crippen MR) is 143 cm³/mol. The third kappa shape index (κ3) is 8.00. The van der Waals surface area contributed by atoms with Crippen molar-refractivity contribution in [2.45, 2.75) is 128 Å². The van der Waals surface area contributed by atoms with Gasteiger partial charge in [-0.05, 0) is 60.6 Å². The molecule has 8 nitrogen and oxygen atoms in total. The molecule has 0 bridgehead atoms. The Kier molecular flexibility index (Phi) is 9.89. The summed E-state index contributed by atoms with van der Waals surface area (Å²) in [5, 5.41) is 19.8. The van der Waals surface area contributed by atoms with Crippen molar-refractivity contribution >= 4 is 28.2 Å². The van der Waals surface area contributed by atoms with Crippen LogP contribution in [0.1, 0.15) is 54.4 Å². The Labute approximate surface area is 218 Å². The molecule has 2 aliphatic heterocycles. The molecule has 0 fully saturated rings. The first-order valence-electron chi connectivity index (χ1n) is 12.7. The Morgan fingerprint density at radius 1 is 0.750 bits per heavy atom. The maximum atomic E-state index is 12.7. The number of ketones is 2. The summed E-state index contributed by atoms with van der Waals surface area (Å²) in [7, 11) is -4.75. The zero-order valence-corrected chi connectivity index (χ0v) is 25.5. The first-order chi connectivity index (χ1) is 16.2. The van der Waals surface area contributed by atoms with Crippen molar-refractivity contribution in [2.24, 2.45) is 0 Å². The normalized spacial score (nSPS) is 27.9. The summed E-state index contributed by atoms with van der Waals surface area (Å²) in [5.41, 5.74) is 0. The minimum atomic E-state index is -2.37. The van der Waals surface area contributed by atoms with Crippen LogP contribution in [0.2, 0.25) is 36.3 Å². The molecule has 0 spiro atoms. The average Bonchev–Trinajstić information content (AvgIpc) is 2.70. The molecular weight excluding hydrogens is 496 g/mol. The smallest absolute Gasteiger partial charge is 0.192 e. The molecule has 10 heteroatoms. The molecule has 36 heavy (non-hydrogen) atoms. The van der Waals surface area contributed by atoms with Gasteiger partial charge in [0.2, 0.25) is 0 Å². The van der Waals surface area contributed by atoms with Crippen LogP contribution >= 0.6 is 0 Å². The Bertz CT molecular complexity index is 783. The van der Waals surface area contributed by atoms with E-state index >= 15 is 0 Å². The number of carbonyl (C=O) groups is 2. The van der Waals surface area contributed by atoms with E-state index in [2.05, 4.69) is 67.7 Å². The number of aliphatic hydroxyl groups excluding tert-OH is 2. The summed E-state index contributed by atoms with van der Waals surface area (Å²) in [4.78, 5) is 25.3. The highest BCUT2D eigenvalue weighted by Gasteiger charge is 2.47. The van der Waals surface area contributed by atoms with E-state index in [1.165, 1.54) is 24.3 Å². The molecule has 2 heterocycles. The number of ether oxygens (including phenoxy) is 2. The molecule has 0 aromatic heterocycles. The molecule has 0 radical (unpaired) electrons. The minimum Gasteiger partial charge on any atom is -0.411 e. The lowest BCUT2D eigenvalue weighted by Gasteiger charge is -2.46. The highest BCUT2D eigenvalue weighted by atomic mass is 28.4. The number of carbonyl (C=O) groups excluding carboxylic acids is 2. The third-order valence-electron chi connectivity index (χ3n) is 7.90. The molecule has 0 saturated heterocycles. The summed E-state index contributed by atoms with van der Waals surface area (Å²) in [6, 6.07) is 0. The molecular formula is C26H46O8Si2. The number of rotatable bonds is 9. The Morgan fingerprint density at radius 3 is 1.33 bits per heavy atom. The summed E-state index contributed by atoms with van der Waals surface area (Å²) in [6.07, 6.45) is 0.243. The van der Waals surface area contributed by atoms with Crippen LogP contribution in [0.25, 0.3) is 0 Å². The monoisotopic (exact) mass is 542 g/mol. The van der Waals surface area contributed by atoms with Crippen molar-refractivity contribution in [2.75, 3.05) is 0 Å².